The van der Waals surface area contributed by atoms with Crippen molar-refractivity contribution in [2.45, 2.75) is 26.4 Å². The summed E-state index contributed by atoms with van der Waals surface area (Å²) in [5, 5.41) is 6.46. The molecule has 1 atom stereocenters. The number of amides is 1. The zero-order chi connectivity index (χ0) is 14.9. The average molecular weight is 287 g/mol. The van der Waals surface area contributed by atoms with Crippen molar-refractivity contribution in [1.82, 2.24) is 15.5 Å². The monoisotopic (exact) mass is 287 g/mol. The van der Waals surface area contributed by atoms with Crippen molar-refractivity contribution in [3.8, 4) is 0 Å². The maximum Gasteiger partial charge on any atom is 0.225 e. The van der Waals surface area contributed by atoms with Crippen LogP contribution < -0.4 is 10.6 Å². The van der Waals surface area contributed by atoms with Crippen molar-refractivity contribution in [2.24, 2.45) is 11.3 Å². The van der Waals surface area contributed by atoms with Crippen LogP contribution in [-0.2, 0) is 11.3 Å². The van der Waals surface area contributed by atoms with Crippen LogP contribution in [0, 0.1) is 11.3 Å². The number of carbonyl (C=O) groups excluding carboxylic acids is 1. The van der Waals surface area contributed by atoms with Crippen LogP contribution in [0.25, 0.3) is 0 Å². The van der Waals surface area contributed by atoms with E-state index in [4.69, 9.17) is 0 Å². The lowest BCUT2D eigenvalue weighted by Crippen LogP contribution is -2.61. The number of rotatable bonds is 4. The minimum Gasteiger partial charge on any atom is -0.354 e. The Labute approximate surface area is 126 Å². The molecule has 4 nitrogen and oxygen atoms in total. The van der Waals surface area contributed by atoms with E-state index < -0.39 is 0 Å². The number of hydrogen-bond donors (Lipinski definition) is 2. The molecule has 21 heavy (non-hydrogen) atoms. The molecule has 2 heterocycles. The van der Waals surface area contributed by atoms with Crippen molar-refractivity contribution in [3.05, 3.63) is 35.9 Å². The van der Waals surface area contributed by atoms with Gasteiger partial charge in [-0.1, -0.05) is 30.3 Å². The van der Waals surface area contributed by atoms with Gasteiger partial charge in [-0.3, -0.25) is 9.69 Å². The molecule has 2 saturated heterocycles. The van der Waals surface area contributed by atoms with Gasteiger partial charge in [-0.2, -0.15) is 0 Å². The number of nitrogens with one attached hydrogen (secondary N) is 2. The van der Waals surface area contributed by atoms with Gasteiger partial charge in [0.2, 0.25) is 5.91 Å². The van der Waals surface area contributed by atoms with Crippen LogP contribution >= 0.6 is 0 Å². The zero-order valence-electron chi connectivity index (χ0n) is 12.9. The summed E-state index contributed by atoms with van der Waals surface area (Å²) in [6.45, 7) is 8.82. The molecule has 3 rings (SSSR count). The van der Waals surface area contributed by atoms with Crippen LogP contribution in [0.2, 0.25) is 0 Å². The highest BCUT2D eigenvalue weighted by Gasteiger charge is 2.53. The zero-order valence-corrected chi connectivity index (χ0v) is 12.9. The van der Waals surface area contributed by atoms with E-state index in [9.17, 15) is 4.79 Å². The molecule has 0 aromatic heterocycles. The third-order valence-corrected chi connectivity index (χ3v) is 4.67. The van der Waals surface area contributed by atoms with Gasteiger partial charge in [0.1, 0.15) is 0 Å². The molecule has 1 amide bonds. The van der Waals surface area contributed by atoms with E-state index in [0.29, 0.717) is 0 Å². The molecule has 2 fully saturated rings. The molecule has 2 aliphatic rings. The Morgan fingerprint density at radius 3 is 2.67 bits per heavy atom. The van der Waals surface area contributed by atoms with E-state index in [1.807, 2.05) is 19.9 Å². The molecular weight excluding hydrogens is 262 g/mol. The number of nitrogens with zero attached hydrogens (tertiary/aromatic N) is 1. The standard InChI is InChI=1S/C17H25N3O/c1-13(2)19-16(21)15-9-20(12-17(15)10-18-11-17)8-14-6-4-3-5-7-14/h3-7,13,15,18H,8-12H2,1-2H3,(H,19,21). The molecule has 2 N–H and O–H groups in total. The van der Waals surface area contributed by atoms with Crippen LogP contribution in [-0.4, -0.2) is 43.0 Å². The van der Waals surface area contributed by atoms with Gasteiger partial charge < -0.3 is 10.6 Å². The Bertz CT molecular complexity index is 496. The van der Waals surface area contributed by atoms with Crippen molar-refractivity contribution in [2.75, 3.05) is 26.2 Å². The van der Waals surface area contributed by atoms with E-state index in [-0.39, 0.29) is 23.3 Å². The van der Waals surface area contributed by atoms with Crippen molar-refractivity contribution in [3.63, 3.8) is 0 Å². The molecule has 114 valence electrons. The quantitative estimate of drug-likeness (QED) is 0.875. The van der Waals surface area contributed by atoms with Gasteiger partial charge in [0.25, 0.3) is 0 Å². The molecular formula is C17H25N3O. The maximum absolute atomic E-state index is 12.5. The minimum atomic E-state index is 0.116. The lowest BCUT2D eigenvalue weighted by Gasteiger charge is -2.43. The Kier molecular flexibility index (Phi) is 4.00. The third kappa shape index (κ3) is 2.97. The second kappa shape index (κ2) is 5.78. The number of likely N-dealkylation sites (tertiary alicyclic amines) is 1. The first-order valence-electron chi connectivity index (χ1n) is 7.86. The Balaban J connectivity index is 1.69. The number of benzene rings is 1. The topological polar surface area (TPSA) is 44.4 Å². The summed E-state index contributed by atoms with van der Waals surface area (Å²) < 4.78 is 0. The van der Waals surface area contributed by atoms with E-state index in [1.54, 1.807) is 0 Å². The average Bonchev–Trinajstić information content (AvgIpc) is 2.79. The summed E-state index contributed by atoms with van der Waals surface area (Å²) in [7, 11) is 0. The second-order valence-electron chi connectivity index (χ2n) is 6.84. The molecule has 1 aromatic rings. The summed E-state index contributed by atoms with van der Waals surface area (Å²) in [4.78, 5) is 14.9. The van der Waals surface area contributed by atoms with Crippen LogP contribution in [0.3, 0.4) is 0 Å². The number of hydrogen-bond acceptors (Lipinski definition) is 3. The summed E-state index contributed by atoms with van der Waals surface area (Å²) in [6, 6.07) is 10.7. The molecule has 0 aliphatic carbocycles. The highest BCUT2D eigenvalue weighted by atomic mass is 16.2. The van der Waals surface area contributed by atoms with Crippen molar-refractivity contribution >= 4 is 5.91 Å². The van der Waals surface area contributed by atoms with Gasteiger partial charge in [0, 0.05) is 44.2 Å². The number of carbonyl (C=O) groups is 1. The predicted molar refractivity (Wildman–Crippen MR) is 83.8 cm³/mol. The first-order chi connectivity index (χ1) is 10.1. The van der Waals surface area contributed by atoms with E-state index in [1.165, 1.54) is 5.56 Å². The molecule has 0 saturated carbocycles. The molecule has 0 bridgehead atoms. The van der Waals surface area contributed by atoms with Gasteiger partial charge in [-0.15, -0.1) is 0 Å². The first-order valence-corrected chi connectivity index (χ1v) is 7.86. The lowest BCUT2D eigenvalue weighted by atomic mass is 9.72. The Morgan fingerprint density at radius 2 is 2.10 bits per heavy atom. The fourth-order valence-electron chi connectivity index (χ4n) is 3.58. The molecule has 1 aromatic carbocycles. The fraction of sp³-hybridized carbons (Fsp3) is 0.588. The SMILES string of the molecule is CC(C)NC(=O)C1CN(Cc2ccccc2)CC12CNC2. The molecule has 2 aliphatic heterocycles. The van der Waals surface area contributed by atoms with Gasteiger partial charge in [0.05, 0.1) is 5.92 Å². The largest absolute Gasteiger partial charge is 0.354 e. The van der Waals surface area contributed by atoms with Gasteiger partial charge in [0.15, 0.2) is 0 Å². The Morgan fingerprint density at radius 1 is 1.38 bits per heavy atom. The second-order valence-corrected chi connectivity index (χ2v) is 6.84. The molecule has 1 unspecified atom stereocenters. The Hall–Kier alpha value is -1.39. The molecule has 0 radical (unpaired) electrons. The summed E-state index contributed by atoms with van der Waals surface area (Å²) in [6.07, 6.45) is 0. The fourth-order valence-corrected chi connectivity index (χ4v) is 3.58. The molecule has 1 spiro atoms. The van der Waals surface area contributed by atoms with Gasteiger partial charge >= 0.3 is 0 Å². The van der Waals surface area contributed by atoms with Gasteiger partial charge in [-0.05, 0) is 19.4 Å². The van der Waals surface area contributed by atoms with Crippen LogP contribution in [0.5, 0.6) is 0 Å². The van der Waals surface area contributed by atoms with E-state index in [2.05, 4.69) is 39.8 Å². The summed E-state index contributed by atoms with van der Waals surface area (Å²) >= 11 is 0. The van der Waals surface area contributed by atoms with E-state index >= 15 is 0 Å². The third-order valence-electron chi connectivity index (χ3n) is 4.67. The highest BCUT2D eigenvalue weighted by molar-refractivity contribution is 5.80. The molecule has 4 heteroatoms. The van der Waals surface area contributed by atoms with Crippen LogP contribution in [0.4, 0.5) is 0 Å². The van der Waals surface area contributed by atoms with Crippen molar-refractivity contribution < 1.29 is 4.79 Å². The van der Waals surface area contributed by atoms with Gasteiger partial charge in [-0.25, -0.2) is 0 Å². The normalized spacial score (nSPS) is 24.2. The predicted octanol–water partition coefficient (Wildman–Crippen LogP) is 1.23. The van der Waals surface area contributed by atoms with Crippen LogP contribution in [0.15, 0.2) is 30.3 Å². The van der Waals surface area contributed by atoms with E-state index in [0.717, 1.165) is 32.7 Å². The van der Waals surface area contributed by atoms with Crippen LogP contribution in [0.1, 0.15) is 19.4 Å². The maximum atomic E-state index is 12.5. The highest BCUT2D eigenvalue weighted by Crippen LogP contribution is 2.40. The minimum absolute atomic E-state index is 0.116. The first kappa shape index (κ1) is 14.5. The summed E-state index contributed by atoms with van der Waals surface area (Å²) in [5.41, 5.74) is 1.47. The summed E-state index contributed by atoms with van der Waals surface area (Å²) in [5.74, 6) is 0.340. The lowest BCUT2D eigenvalue weighted by molar-refractivity contribution is -0.129. The van der Waals surface area contributed by atoms with Crippen molar-refractivity contribution in [1.29, 1.82) is 0 Å². The smallest absolute Gasteiger partial charge is 0.225 e.